The molecule has 1 aliphatic heterocycles. The zero-order valence-electron chi connectivity index (χ0n) is 12.8. The summed E-state index contributed by atoms with van der Waals surface area (Å²) in [6, 6.07) is 9.04. The fraction of sp³-hybridized carbons (Fsp3) is 0.353. The molecule has 0 aliphatic carbocycles. The van der Waals surface area contributed by atoms with E-state index in [9.17, 15) is 9.59 Å². The highest BCUT2D eigenvalue weighted by Crippen LogP contribution is 2.22. The lowest BCUT2D eigenvalue weighted by Crippen LogP contribution is -2.31. The first-order valence-electron chi connectivity index (χ1n) is 7.57. The van der Waals surface area contributed by atoms with Gasteiger partial charge in [0.05, 0.1) is 12.1 Å². The highest BCUT2D eigenvalue weighted by molar-refractivity contribution is 6.04. The summed E-state index contributed by atoms with van der Waals surface area (Å²) in [5, 5.41) is 3.74. The lowest BCUT2D eigenvalue weighted by molar-refractivity contribution is -0.128. The lowest BCUT2D eigenvalue weighted by Gasteiger charge is -2.15. The first kappa shape index (κ1) is 14.5. The van der Waals surface area contributed by atoms with Crippen molar-refractivity contribution in [2.45, 2.75) is 39.3 Å². The van der Waals surface area contributed by atoms with Crippen LogP contribution in [0.2, 0.25) is 0 Å². The molecule has 0 saturated carbocycles. The van der Waals surface area contributed by atoms with Crippen LogP contribution in [-0.2, 0) is 11.3 Å². The molecule has 1 saturated heterocycles. The third-order valence-corrected chi connectivity index (χ3v) is 3.94. The summed E-state index contributed by atoms with van der Waals surface area (Å²) in [7, 11) is 0. The SMILES string of the molecule is CCC[C@H]1NC(=O)N(Cc2cc(C)nc3ccccc23)C1=O. The number of amides is 3. The molecular formula is C17H19N3O2. The standard InChI is InChI=1S/C17H19N3O2/c1-3-6-15-16(21)20(17(22)19-15)10-12-9-11(2)18-14-8-5-4-7-13(12)14/h4-5,7-9,15H,3,6,10H2,1-2H3,(H,19,22)/t15-/m1/s1. The number of hydrogen-bond donors (Lipinski definition) is 1. The van der Waals surface area contributed by atoms with Crippen molar-refractivity contribution in [3.05, 3.63) is 41.6 Å². The number of nitrogens with one attached hydrogen (secondary N) is 1. The first-order chi connectivity index (χ1) is 10.6. The number of benzene rings is 1. The van der Waals surface area contributed by atoms with E-state index < -0.39 is 0 Å². The van der Waals surface area contributed by atoms with Crippen molar-refractivity contribution >= 4 is 22.8 Å². The number of carbonyl (C=O) groups is 2. The molecule has 1 N–H and O–H groups in total. The van der Waals surface area contributed by atoms with E-state index >= 15 is 0 Å². The van der Waals surface area contributed by atoms with Crippen molar-refractivity contribution in [2.75, 3.05) is 0 Å². The average Bonchev–Trinajstić information content (AvgIpc) is 2.75. The fourth-order valence-corrected chi connectivity index (χ4v) is 2.91. The van der Waals surface area contributed by atoms with E-state index in [-0.39, 0.29) is 24.5 Å². The molecular weight excluding hydrogens is 278 g/mol. The van der Waals surface area contributed by atoms with Gasteiger partial charge in [0.2, 0.25) is 0 Å². The second-order valence-electron chi connectivity index (χ2n) is 5.66. The van der Waals surface area contributed by atoms with Crippen LogP contribution in [0.25, 0.3) is 10.9 Å². The Morgan fingerprint density at radius 1 is 1.27 bits per heavy atom. The van der Waals surface area contributed by atoms with Crippen molar-refractivity contribution in [3.63, 3.8) is 0 Å². The number of carbonyl (C=O) groups excluding carboxylic acids is 2. The molecule has 2 heterocycles. The van der Waals surface area contributed by atoms with Gasteiger partial charge in [-0.3, -0.25) is 14.7 Å². The Balaban J connectivity index is 1.93. The first-order valence-corrected chi connectivity index (χ1v) is 7.57. The number of imide groups is 1. The molecule has 5 heteroatoms. The summed E-state index contributed by atoms with van der Waals surface area (Å²) in [5.41, 5.74) is 2.71. The number of rotatable bonds is 4. The van der Waals surface area contributed by atoms with Crippen LogP contribution in [0.4, 0.5) is 4.79 Å². The van der Waals surface area contributed by atoms with E-state index in [0.29, 0.717) is 6.42 Å². The predicted molar refractivity (Wildman–Crippen MR) is 84.3 cm³/mol. The van der Waals surface area contributed by atoms with Gasteiger partial charge in [0, 0.05) is 11.1 Å². The highest BCUT2D eigenvalue weighted by atomic mass is 16.2. The molecule has 1 atom stereocenters. The maximum atomic E-state index is 12.4. The van der Waals surface area contributed by atoms with Gasteiger partial charge in [-0.1, -0.05) is 31.5 Å². The minimum atomic E-state index is -0.383. The van der Waals surface area contributed by atoms with Gasteiger partial charge in [0.1, 0.15) is 6.04 Å². The molecule has 5 nitrogen and oxygen atoms in total. The van der Waals surface area contributed by atoms with E-state index in [0.717, 1.165) is 28.6 Å². The van der Waals surface area contributed by atoms with E-state index in [1.807, 2.05) is 44.2 Å². The molecule has 0 radical (unpaired) electrons. The normalized spacial score (nSPS) is 18.1. The molecule has 22 heavy (non-hydrogen) atoms. The lowest BCUT2D eigenvalue weighted by atomic mass is 10.1. The van der Waals surface area contributed by atoms with Crippen LogP contribution >= 0.6 is 0 Å². The van der Waals surface area contributed by atoms with Crippen LogP contribution in [0.1, 0.15) is 31.0 Å². The second kappa shape index (κ2) is 5.75. The van der Waals surface area contributed by atoms with E-state index in [1.165, 1.54) is 4.90 Å². The zero-order valence-corrected chi connectivity index (χ0v) is 12.8. The Bertz CT molecular complexity index is 742. The van der Waals surface area contributed by atoms with Gasteiger partial charge in [-0.2, -0.15) is 0 Å². The summed E-state index contributed by atoms with van der Waals surface area (Å²) >= 11 is 0. The summed E-state index contributed by atoms with van der Waals surface area (Å²) in [4.78, 5) is 30.2. The molecule has 114 valence electrons. The van der Waals surface area contributed by atoms with Gasteiger partial charge in [0.15, 0.2) is 0 Å². The Labute approximate surface area is 129 Å². The molecule has 1 fully saturated rings. The van der Waals surface area contributed by atoms with Crippen molar-refractivity contribution in [3.8, 4) is 0 Å². The molecule has 0 spiro atoms. The van der Waals surface area contributed by atoms with E-state index in [4.69, 9.17) is 0 Å². The Morgan fingerprint density at radius 3 is 2.82 bits per heavy atom. The van der Waals surface area contributed by atoms with Crippen LogP contribution in [0.3, 0.4) is 0 Å². The number of nitrogens with zero attached hydrogens (tertiary/aromatic N) is 2. The minimum absolute atomic E-state index is 0.134. The maximum absolute atomic E-state index is 12.4. The number of fused-ring (bicyclic) bond motifs is 1. The summed E-state index contributed by atoms with van der Waals surface area (Å²) in [5.74, 6) is -0.134. The Kier molecular flexibility index (Phi) is 3.79. The van der Waals surface area contributed by atoms with Crippen LogP contribution in [0.15, 0.2) is 30.3 Å². The van der Waals surface area contributed by atoms with Crippen LogP contribution in [-0.4, -0.2) is 27.9 Å². The summed E-state index contributed by atoms with van der Waals surface area (Å²) in [6.07, 6.45) is 1.54. The topological polar surface area (TPSA) is 62.3 Å². The molecule has 1 aromatic heterocycles. The number of hydrogen-bond acceptors (Lipinski definition) is 3. The smallest absolute Gasteiger partial charge is 0.325 e. The molecule has 2 aromatic rings. The number of urea groups is 1. The van der Waals surface area contributed by atoms with Crippen molar-refractivity contribution in [1.29, 1.82) is 0 Å². The number of pyridine rings is 1. The fourth-order valence-electron chi connectivity index (χ4n) is 2.91. The zero-order chi connectivity index (χ0) is 15.7. The molecule has 1 aliphatic rings. The van der Waals surface area contributed by atoms with Gasteiger partial charge in [-0.25, -0.2) is 4.79 Å². The van der Waals surface area contributed by atoms with Gasteiger partial charge in [0.25, 0.3) is 5.91 Å². The predicted octanol–water partition coefficient (Wildman–Crippen LogP) is 2.76. The molecule has 3 rings (SSSR count). The minimum Gasteiger partial charge on any atom is -0.326 e. The van der Waals surface area contributed by atoms with Crippen molar-refractivity contribution < 1.29 is 9.59 Å². The second-order valence-corrected chi connectivity index (χ2v) is 5.66. The molecule has 3 amide bonds. The third-order valence-electron chi connectivity index (χ3n) is 3.94. The quantitative estimate of drug-likeness (QED) is 0.883. The van der Waals surface area contributed by atoms with Gasteiger partial charge in [-0.05, 0) is 31.0 Å². The van der Waals surface area contributed by atoms with Gasteiger partial charge < -0.3 is 5.32 Å². The molecule has 0 bridgehead atoms. The number of para-hydroxylation sites is 1. The highest BCUT2D eigenvalue weighted by Gasteiger charge is 2.37. The summed E-state index contributed by atoms with van der Waals surface area (Å²) < 4.78 is 0. The van der Waals surface area contributed by atoms with Crippen molar-refractivity contribution in [1.82, 2.24) is 15.2 Å². The Hall–Kier alpha value is -2.43. The number of aromatic nitrogens is 1. The summed E-state index contributed by atoms with van der Waals surface area (Å²) in [6.45, 7) is 4.21. The molecule has 1 aromatic carbocycles. The van der Waals surface area contributed by atoms with Crippen LogP contribution in [0, 0.1) is 6.92 Å². The largest absolute Gasteiger partial charge is 0.326 e. The molecule has 0 unspecified atom stereocenters. The van der Waals surface area contributed by atoms with Crippen LogP contribution in [0.5, 0.6) is 0 Å². The monoisotopic (exact) mass is 297 g/mol. The van der Waals surface area contributed by atoms with E-state index in [2.05, 4.69) is 10.3 Å². The van der Waals surface area contributed by atoms with Gasteiger partial charge in [-0.15, -0.1) is 0 Å². The average molecular weight is 297 g/mol. The van der Waals surface area contributed by atoms with Gasteiger partial charge >= 0.3 is 6.03 Å². The maximum Gasteiger partial charge on any atom is 0.325 e. The van der Waals surface area contributed by atoms with Crippen molar-refractivity contribution in [2.24, 2.45) is 0 Å². The number of aryl methyl sites for hydroxylation is 1. The van der Waals surface area contributed by atoms with Crippen LogP contribution < -0.4 is 5.32 Å². The van der Waals surface area contributed by atoms with E-state index in [1.54, 1.807) is 0 Å². The Morgan fingerprint density at radius 2 is 2.05 bits per heavy atom. The third kappa shape index (κ3) is 2.54.